The minimum absolute atomic E-state index is 0.00427. The van der Waals surface area contributed by atoms with Crippen molar-refractivity contribution >= 4 is 13.7 Å². The molecule has 0 aliphatic carbocycles. The highest BCUT2D eigenvalue weighted by Crippen LogP contribution is 2.38. The zero-order chi connectivity index (χ0) is 40.7. The van der Waals surface area contributed by atoms with E-state index in [-0.39, 0.29) is 19.1 Å². The molecule has 1 amide bonds. The summed E-state index contributed by atoms with van der Waals surface area (Å²) in [6, 6.07) is -0.889. The molecule has 0 fully saturated rings. The number of phosphoric ester groups is 1. The Balaban J connectivity index is 4.30. The summed E-state index contributed by atoms with van der Waals surface area (Å²) in [7, 11) is 1.25. The summed E-state index contributed by atoms with van der Waals surface area (Å²) in [5, 5.41) is 13.7. The van der Waals surface area contributed by atoms with Crippen molar-refractivity contribution in [3.8, 4) is 0 Å². The number of carbonyl (C=O) groups excluding carboxylic acids is 1. The van der Waals surface area contributed by atoms with Gasteiger partial charge in [-0.25, -0.2) is 0 Å². The lowest BCUT2D eigenvalue weighted by Gasteiger charge is -2.29. The third kappa shape index (κ3) is 40.5. The molecule has 322 valence electrons. The number of rotatable bonds is 40. The van der Waals surface area contributed by atoms with Crippen LogP contribution in [0.2, 0.25) is 0 Å². The highest BCUT2D eigenvalue weighted by molar-refractivity contribution is 7.45. The molecule has 0 saturated carbocycles. The fourth-order valence-corrected chi connectivity index (χ4v) is 6.88. The molecule has 0 bridgehead atoms. The van der Waals surface area contributed by atoms with Crippen LogP contribution >= 0.6 is 7.82 Å². The van der Waals surface area contributed by atoms with Crippen LogP contribution in [0.5, 0.6) is 0 Å². The summed E-state index contributed by atoms with van der Waals surface area (Å²) < 4.78 is 23.1. The first-order valence-electron chi connectivity index (χ1n) is 22.5. The number of phosphoric acid groups is 1. The van der Waals surface area contributed by atoms with Crippen LogP contribution in [0.15, 0.2) is 48.6 Å². The van der Waals surface area contributed by atoms with E-state index < -0.39 is 20.0 Å². The zero-order valence-electron chi connectivity index (χ0n) is 36.4. The number of aliphatic hydroxyl groups is 1. The van der Waals surface area contributed by atoms with Crippen LogP contribution in [-0.2, 0) is 18.4 Å². The maximum atomic E-state index is 12.8. The van der Waals surface area contributed by atoms with Crippen molar-refractivity contribution in [2.75, 3.05) is 40.9 Å². The smallest absolute Gasteiger partial charge is 0.268 e. The van der Waals surface area contributed by atoms with Gasteiger partial charge in [-0.05, 0) is 57.8 Å². The van der Waals surface area contributed by atoms with Gasteiger partial charge in [0.1, 0.15) is 13.2 Å². The van der Waals surface area contributed by atoms with Crippen LogP contribution in [0.25, 0.3) is 0 Å². The molecule has 55 heavy (non-hydrogen) atoms. The van der Waals surface area contributed by atoms with Crippen LogP contribution in [-0.4, -0.2) is 68.5 Å². The van der Waals surface area contributed by atoms with E-state index in [4.69, 9.17) is 9.05 Å². The van der Waals surface area contributed by atoms with Gasteiger partial charge in [0.25, 0.3) is 7.82 Å². The molecule has 9 heteroatoms. The van der Waals surface area contributed by atoms with E-state index in [0.29, 0.717) is 17.4 Å². The van der Waals surface area contributed by atoms with Gasteiger partial charge in [0, 0.05) is 6.42 Å². The number of aliphatic hydroxyl groups excluding tert-OH is 1. The summed E-state index contributed by atoms with van der Waals surface area (Å²) in [6.45, 7) is 4.59. The number of carbonyl (C=O) groups is 1. The molecule has 0 saturated heterocycles. The molecule has 0 rings (SSSR count). The predicted octanol–water partition coefficient (Wildman–Crippen LogP) is 11.8. The van der Waals surface area contributed by atoms with Gasteiger partial charge in [-0.3, -0.25) is 9.36 Å². The molecule has 0 heterocycles. The Morgan fingerprint density at radius 1 is 0.636 bits per heavy atom. The van der Waals surface area contributed by atoms with E-state index in [9.17, 15) is 19.4 Å². The maximum Gasteiger partial charge on any atom is 0.268 e. The van der Waals surface area contributed by atoms with Gasteiger partial charge in [-0.1, -0.05) is 172 Å². The van der Waals surface area contributed by atoms with E-state index in [1.165, 1.54) is 109 Å². The van der Waals surface area contributed by atoms with E-state index in [1.807, 2.05) is 27.2 Å². The van der Waals surface area contributed by atoms with Crippen LogP contribution in [0.1, 0.15) is 187 Å². The topological polar surface area (TPSA) is 108 Å². The Bertz CT molecular complexity index is 1040. The van der Waals surface area contributed by atoms with Crippen molar-refractivity contribution in [2.24, 2.45) is 0 Å². The van der Waals surface area contributed by atoms with Crippen LogP contribution in [0, 0.1) is 0 Å². The van der Waals surface area contributed by atoms with Gasteiger partial charge in [-0.2, -0.15) is 0 Å². The number of likely N-dealkylation sites (N-methyl/N-ethyl adjacent to an activating group) is 1. The normalized spacial score (nSPS) is 14.8. The molecule has 0 radical (unpaired) electrons. The summed E-state index contributed by atoms with van der Waals surface area (Å²) in [4.78, 5) is 25.2. The van der Waals surface area contributed by atoms with E-state index >= 15 is 0 Å². The number of allylic oxidation sites excluding steroid dienone is 7. The number of hydrogen-bond acceptors (Lipinski definition) is 6. The van der Waals surface area contributed by atoms with E-state index in [1.54, 1.807) is 6.08 Å². The Kier molecular flexibility index (Phi) is 36.9. The summed E-state index contributed by atoms with van der Waals surface area (Å²) >= 11 is 0. The first-order valence-corrected chi connectivity index (χ1v) is 24.0. The third-order valence-electron chi connectivity index (χ3n) is 9.78. The number of quaternary nitrogens is 1. The fraction of sp³-hybridized carbons (Fsp3) is 0.804. The molecular formula is C46H87N2O6P. The van der Waals surface area contributed by atoms with Crippen LogP contribution in [0.3, 0.4) is 0 Å². The molecule has 3 unspecified atom stereocenters. The lowest BCUT2D eigenvalue weighted by atomic mass is 10.1. The molecule has 0 aromatic carbocycles. The quantitative estimate of drug-likeness (QED) is 0.0277. The SMILES string of the molecule is CCCCCCC/C=C\C/C=C\C/C=C\CCCCCCCCCCC(=O)NC(COP(=O)([O-])OCC[N+](C)(C)C)C(O)/C=C/CCCCCCCCCC. The highest BCUT2D eigenvalue weighted by atomic mass is 31.2. The lowest BCUT2D eigenvalue weighted by Crippen LogP contribution is -2.45. The number of amides is 1. The minimum atomic E-state index is -4.59. The second-order valence-corrected chi connectivity index (χ2v) is 17.8. The predicted molar refractivity (Wildman–Crippen MR) is 233 cm³/mol. The van der Waals surface area contributed by atoms with E-state index in [2.05, 4.69) is 55.6 Å². The Morgan fingerprint density at radius 2 is 1.05 bits per heavy atom. The third-order valence-corrected chi connectivity index (χ3v) is 10.7. The molecule has 3 atom stereocenters. The highest BCUT2D eigenvalue weighted by Gasteiger charge is 2.23. The summed E-state index contributed by atoms with van der Waals surface area (Å²) in [6.07, 6.45) is 47.3. The summed E-state index contributed by atoms with van der Waals surface area (Å²) in [5.41, 5.74) is 0. The number of nitrogens with one attached hydrogen (secondary N) is 1. The largest absolute Gasteiger partial charge is 0.756 e. The van der Waals surface area contributed by atoms with Crippen molar-refractivity contribution in [2.45, 2.75) is 199 Å². The monoisotopic (exact) mass is 795 g/mol. The molecule has 0 spiro atoms. The molecule has 2 N–H and O–H groups in total. The molecule has 0 aliphatic heterocycles. The molecule has 8 nitrogen and oxygen atoms in total. The van der Waals surface area contributed by atoms with Gasteiger partial charge in [0.15, 0.2) is 0 Å². The molecule has 0 aromatic heterocycles. The van der Waals surface area contributed by atoms with Gasteiger partial charge in [0.05, 0.1) is 39.9 Å². The Labute approximate surface area is 339 Å². The second kappa shape index (κ2) is 38.0. The van der Waals surface area contributed by atoms with Crippen molar-refractivity contribution in [3.05, 3.63) is 48.6 Å². The second-order valence-electron chi connectivity index (χ2n) is 16.4. The van der Waals surface area contributed by atoms with Crippen LogP contribution < -0.4 is 10.2 Å². The Hall–Kier alpha value is -1.54. The fourth-order valence-electron chi connectivity index (χ4n) is 6.16. The summed E-state index contributed by atoms with van der Waals surface area (Å²) in [5.74, 6) is -0.209. The average molecular weight is 795 g/mol. The standard InChI is InChI=1S/C46H87N2O6P/c1-6-8-10-12-14-16-18-19-20-21-22-23-24-25-26-27-28-29-30-32-34-36-38-40-46(50)47-44(43-54-55(51,52)53-42-41-48(3,4)5)45(49)39-37-35-33-31-17-15-13-11-9-7-2/h18-19,21-22,24-25,37,39,44-45,49H,6-17,20,23,26-36,38,40-43H2,1-5H3,(H-,47,50,51,52)/b19-18-,22-21-,25-24-,39-37+. The van der Waals surface area contributed by atoms with Gasteiger partial charge < -0.3 is 28.8 Å². The van der Waals surface area contributed by atoms with Gasteiger partial charge in [0.2, 0.25) is 5.91 Å². The number of hydrogen-bond donors (Lipinski definition) is 2. The van der Waals surface area contributed by atoms with Gasteiger partial charge >= 0.3 is 0 Å². The first-order chi connectivity index (χ1) is 26.5. The van der Waals surface area contributed by atoms with Gasteiger partial charge in [-0.15, -0.1) is 0 Å². The van der Waals surface area contributed by atoms with E-state index in [0.717, 1.165) is 57.8 Å². The zero-order valence-corrected chi connectivity index (χ0v) is 37.3. The van der Waals surface area contributed by atoms with Crippen molar-refractivity contribution in [1.29, 1.82) is 0 Å². The molecule has 0 aliphatic rings. The maximum absolute atomic E-state index is 12.8. The average Bonchev–Trinajstić information content (AvgIpc) is 3.13. The van der Waals surface area contributed by atoms with Crippen molar-refractivity contribution in [3.63, 3.8) is 0 Å². The number of nitrogens with zero attached hydrogens (tertiary/aromatic N) is 1. The Morgan fingerprint density at radius 3 is 1.53 bits per heavy atom. The van der Waals surface area contributed by atoms with Crippen molar-refractivity contribution < 1.29 is 32.9 Å². The molecular weight excluding hydrogens is 707 g/mol. The number of unbranched alkanes of at least 4 members (excludes halogenated alkanes) is 21. The lowest BCUT2D eigenvalue weighted by molar-refractivity contribution is -0.870. The minimum Gasteiger partial charge on any atom is -0.756 e. The first kappa shape index (κ1) is 53.5. The van der Waals surface area contributed by atoms with Crippen molar-refractivity contribution in [1.82, 2.24) is 5.32 Å². The van der Waals surface area contributed by atoms with Crippen LogP contribution in [0.4, 0.5) is 0 Å². The molecule has 0 aromatic rings.